The smallest absolute Gasteiger partial charge is 0.337 e. The summed E-state index contributed by atoms with van der Waals surface area (Å²) in [5.74, 6) is -0.570. The number of anilines is 2. The Bertz CT molecular complexity index is 938. The summed E-state index contributed by atoms with van der Waals surface area (Å²) in [6.45, 7) is 0.561. The molecule has 0 aliphatic carbocycles. The highest BCUT2D eigenvalue weighted by Gasteiger charge is 2.25. The van der Waals surface area contributed by atoms with Gasteiger partial charge in [0.05, 0.1) is 28.9 Å². The van der Waals surface area contributed by atoms with Gasteiger partial charge in [0, 0.05) is 13.0 Å². The maximum atomic E-state index is 12.7. The lowest BCUT2D eigenvalue weighted by molar-refractivity contribution is -0.117. The molecule has 1 aliphatic heterocycles. The third kappa shape index (κ3) is 3.55. The zero-order valence-electron chi connectivity index (χ0n) is 14.1. The maximum Gasteiger partial charge on any atom is 0.337 e. The molecule has 1 saturated heterocycles. The highest BCUT2D eigenvalue weighted by Crippen LogP contribution is 2.31. The third-order valence-corrected chi connectivity index (χ3v) is 5.48. The minimum atomic E-state index is -3.87. The predicted molar refractivity (Wildman–Crippen MR) is 96.6 cm³/mol. The van der Waals surface area contributed by atoms with Gasteiger partial charge in [-0.15, -0.1) is 0 Å². The van der Waals surface area contributed by atoms with Crippen molar-refractivity contribution in [2.75, 3.05) is 23.3 Å². The number of ether oxygens (including phenoxy) is 1. The fraction of sp³-hybridized carbons (Fsp3) is 0.222. The van der Waals surface area contributed by atoms with Crippen LogP contribution in [0.3, 0.4) is 0 Å². The molecule has 8 heteroatoms. The van der Waals surface area contributed by atoms with Crippen LogP contribution < -0.4 is 9.62 Å². The standard InChI is InChI=1S/C18H18N2O5S/c1-25-18(22)13-8-10-14(11-9-13)26(23,24)19-15-5-2-3-6-16(15)20-12-4-7-17(20)21/h2-3,5-6,8-11,19H,4,7,12H2,1H3. The summed E-state index contributed by atoms with van der Waals surface area (Å²) in [7, 11) is -2.62. The van der Waals surface area contributed by atoms with Gasteiger partial charge in [0.15, 0.2) is 0 Å². The molecule has 0 unspecified atom stereocenters. The van der Waals surface area contributed by atoms with Crippen molar-refractivity contribution in [3.63, 3.8) is 0 Å². The van der Waals surface area contributed by atoms with Crippen molar-refractivity contribution >= 4 is 33.3 Å². The van der Waals surface area contributed by atoms with Crippen LogP contribution >= 0.6 is 0 Å². The van der Waals surface area contributed by atoms with Crippen LogP contribution in [0.4, 0.5) is 11.4 Å². The molecule has 1 fully saturated rings. The van der Waals surface area contributed by atoms with Crippen LogP contribution in [-0.2, 0) is 19.6 Å². The average Bonchev–Trinajstić information content (AvgIpc) is 3.07. The lowest BCUT2D eigenvalue weighted by atomic mass is 10.2. The first-order valence-corrected chi connectivity index (χ1v) is 9.51. The van der Waals surface area contributed by atoms with Crippen LogP contribution in [0.1, 0.15) is 23.2 Å². The van der Waals surface area contributed by atoms with E-state index in [0.29, 0.717) is 24.3 Å². The molecule has 0 atom stereocenters. The molecule has 136 valence electrons. The molecule has 0 bridgehead atoms. The summed E-state index contributed by atoms with van der Waals surface area (Å²) in [4.78, 5) is 25.0. The number of methoxy groups -OCH3 is 1. The van der Waals surface area contributed by atoms with Gasteiger partial charge in [0.2, 0.25) is 5.91 Å². The normalized spacial score (nSPS) is 14.3. The summed E-state index contributed by atoms with van der Waals surface area (Å²) < 4.78 is 32.5. The van der Waals surface area contributed by atoms with Crippen molar-refractivity contribution in [3.8, 4) is 0 Å². The number of amides is 1. The van der Waals surface area contributed by atoms with E-state index < -0.39 is 16.0 Å². The van der Waals surface area contributed by atoms with Crippen molar-refractivity contribution in [1.29, 1.82) is 0 Å². The van der Waals surface area contributed by atoms with E-state index in [1.165, 1.54) is 31.4 Å². The largest absolute Gasteiger partial charge is 0.465 e. The molecule has 26 heavy (non-hydrogen) atoms. The molecule has 1 N–H and O–H groups in total. The second kappa shape index (κ2) is 7.17. The van der Waals surface area contributed by atoms with Crippen LogP contribution in [-0.4, -0.2) is 33.9 Å². The van der Waals surface area contributed by atoms with Gasteiger partial charge >= 0.3 is 5.97 Å². The zero-order chi connectivity index (χ0) is 18.7. The molecule has 0 radical (unpaired) electrons. The monoisotopic (exact) mass is 374 g/mol. The first kappa shape index (κ1) is 17.9. The predicted octanol–water partition coefficient (Wildman–Crippen LogP) is 2.40. The van der Waals surface area contributed by atoms with Gasteiger partial charge in [-0.05, 0) is 42.8 Å². The summed E-state index contributed by atoms with van der Waals surface area (Å²) in [5.41, 5.74) is 1.12. The Morgan fingerprint density at radius 1 is 1.12 bits per heavy atom. The van der Waals surface area contributed by atoms with Crippen molar-refractivity contribution < 1.29 is 22.7 Å². The zero-order valence-corrected chi connectivity index (χ0v) is 15.0. The molecule has 7 nitrogen and oxygen atoms in total. The molecule has 3 rings (SSSR count). The highest BCUT2D eigenvalue weighted by molar-refractivity contribution is 7.92. The minimum absolute atomic E-state index is 0.00713. The van der Waals surface area contributed by atoms with Crippen molar-refractivity contribution in [3.05, 3.63) is 54.1 Å². The second-order valence-corrected chi connectivity index (χ2v) is 7.47. The SMILES string of the molecule is COC(=O)c1ccc(S(=O)(=O)Nc2ccccc2N2CCCC2=O)cc1. The van der Waals surface area contributed by atoms with Gasteiger partial charge in [-0.2, -0.15) is 0 Å². The number of carbonyl (C=O) groups is 2. The third-order valence-electron chi connectivity index (χ3n) is 4.10. The number of para-hydroxylation sites is 2. The van der Waals surface area contributed by atoms with E-state index in [2.05, 4.69) is 9.46 Å². The van der Waals surface area contributed by atoms with Gasteiger partial charge in [0.1, 0.15) is 0 Å². The van der Waals surface area contributed by atoms with Gasteiger partial charge in [0.25, 0.3) is 10.0 Å². The minimum Gasteiger partial charge on any atom is -0.465 e. The number of hydrogen-bond acceptors (Lipinski definition) is 5. The molecule has 0 saturated carbocycles. The first-order chi connectivity index (χ1) is 12.4. The molecule has 2 aromatic rings. The van der Waals surface area contributed by atoms with E-state index in [9.17, 15) is 18.0 Å². The van der Waals surface area contributed by atoms with Gasteiger partial charge in [-0.1, -0.05) is 12.1 Å². The van der Waals surface area contributed by atoms with Crippen molar-refractivity contribution in [2.45, 2.75) is 17.7 Å². The Kier molecular flexibility index (Phi) is 4.94. The molecule has 1 aliphatic rings. The molecular formula is C18H18N2O5S. The summed E-state index contributed by atoms with van der Waals surface area (Å²) in [6, 6.07) is 12.2. The van der Waals surface area contributed by atoms with Crippen LogP contribution in [0.15, 0.2) is 53.4 Å². The number of nitrogens with zero attached hydrogens (tertiary/aromatic N) is 1. The lowest BCUT2D eigenvalue weighted by Crippen LogP contribution is -2.25. The quantitative estimate of drug-likeness (QED) is 0.811. The van der Waals surface area contributed by atoms with Crippen LogP contribution in [0.25, 0.3) is 0 Å². The van der Waals surface area contributed by atoms with Crippen LogP contribution in [0.5, 0.6) is 0 Å². The molecule has 0 aromatic heterocycles. The summed E-state index contributed by atoms with van der Waals surface area (Å²) >= 11 is 0. The Hall–Kier alpha value is -2.87. The summed E-state index contributed by atoms with van der Waals surface area (Å²) in [6.07, 6.45) is 1.20. The highest BCUT2D eigenvalue weighted by atomic mass is 32.2. The Morgan fingerprint density at radius 2 is 1.81 bits per heavy atom. The Labute approximate surface area is 151 Å². The number of nitrogens with one attached hydrogen (secondary N) is 1. The average molecular weight is 374 g/mol. The van der Waals surface area contributed by atoms with Crippen molar-refractivity contribution in [2.24, 2.45) is 0 Å². The fourth-order valence-corrected chi connectivity index (χ4v) is 3.86. The van der Waals surface area contributed by atoms with Crippen LogP contribution in [0.2, 0.25) is 0 Å². The van der Waals surface area contributed by atoms with Gasteiger partial charge in [-0.3, -0.25) is 9.52 Å². The van der Waals surface area contributed by atoms with E-state index in [0.717, 1.165) is 6.42 Å². The van der Waals surface area contributed by atoms with Crippen molar-refractivity contribution in [1.82, 2.24) is 0 Å². The maximum absolute atomic E-state index is 12.7. The number of rotatable bonds is 5. The van der Waals surface area contributed by atoms with E-state index in [1.54, 1.807) is 29.2 Å². The number of benzene rings is 2. The van der Waals surface area contributed by atoms with E-state index in [-0.39, 0.29) is 16.4 Å². The molecular weight excluding hydrogens is 356 g/mol. The number of hydrogen-bond donors (Lipinski definition) is 1. The molecule has 2 aromatic carbocycles. The van der Waals surface area contributed by atoms with Gasteiger partial charge in [-0.25, -0.2) is 13.2 Å². The topological polar surface area (TPSA) is 92.8 Å². The number of carbonyl (C=O) groups excluding carboxylic acids is 2. The molecule has 1 heterocycles. The molecule has 0 spiro atoms. The number of esters is 1. The first-order valence-electron chi connectivity index (χ1n) is 8.03. The molecule has 1 amide bonds. The fourth-order valence-electron chi connectivity index (χ4n) is 2.79. The van der Waals surface area contributed by atoms with E-state index in [4.69, 9.17) is 0 Å². The van der Waals surface area contributed by atoms with Gasteiger partial charge < -0.3 is 9.64 Å². The summed E-state index contributed by atoms with van der Waals surface area (Å²) in [5, 5.41) is 0. The Balaban J connectivity index is 1.88. The van der Waals surface area contributed by atoms with E-state index >= 15 is 0 Å². The lowest BCUT2D eigenvalue weighted by Gasteiger charge is -2.20. The number of sulfonamides is 1. The second-order valence-electron chi connectivity index (χ2n) is 5.79. The van der Waals surface area contributed by atoms with Crippen LogP contribution in [0, 0.1) is 0 Å². The Morgan fingerprint density at radius 3 is 2.42 bits per heavy atom. The van der Waals surface area contributed by atoms with E-state index in [1.807, 2.05) is 0 Å².